The molecule has 6 heteroatoms. The molecule has 1 saturated heterocycles. The van der Waals surface area contributed by atoms with Crippen LogP contribution in [0.15, 0.2) is 24.7 Å². The molecule has 2 aromatic rings. The van der Waals surface area contributed by atoms with Crippen molar-refractivity contribution in [2.45, 2.75) is 26.4 Å². The molecule has 0 atom stereocenters. The zero-order chi connectivity index (χ0) is 13.4. The van der Waals surface area contributed by atoms with Crippen molar-refractivity contribution >= 4 is 5.91 Å². The van der Waals surface area contributed by atoms with Gasteiger partial charge < -0.3 is 9.47 Å². The lowest BCUT2D eigenvalue weighted by atomic mass is 10.1. The summed E-state index contributed by atoms with van der Waals surface area (Å²) in [7, 11) is 0. The van der Waals surface area contributed by atoms with E-state index in [9.17, 15) is 4.79 Å². The van der Waals surface area contributed by atoms with Gasteiger partial charge in [-0.25, -0.2) is 4.98 Å². The third-order valence-electron chi connectivity index (χ3n) is 3.64. The lowest BCUT2D eigenvalue weighted by Crippen LogP contribution is -2.51. The Bertz CT molecular complexity index is 594. The first-order valence-corrected chi connectivity index (χ1v) is 6.51. The van der Waals surface area contributed by atoms with E-state index in [1.54, 1.807) is 23.1 Å². The molecule has 3 rings (SSSR count). The van der Waals surface area contributed by atoms with Crippen molar-refractivity contribution in [2.75, 3.05) is 13.1 Å². The molecule has 1 amide bonds. The van der Waals surface area contributed by atoms with Crippen LogP contribution in [0.25, 0.3) is 0 Å². The Labute approximate surface area is 111 Å². The van der Waals surface area contributed by atoms with E-state index in [0.29, 0.717) is 18.3 Å². The smallest absolute Gasteiger partial charge is 0.272 e. The maximum atomic E-state index is 12.3. The van der Waals surface area contributed by atoms with Crippen LogP contribution in [0.1, 0.15) is 29.3 Å². The molecule has 0 radical (unpaired) electrons. The van der Waals surface area contributed by atoms with Gasteiger partial charge in [0.05, 0.1) is 6.04 Å². The van der Waals surface area contributed by atoms with Gasteiger partial charge in [-0.15, -0.1) is 0 Å². The predicted molar refractivity (Wildman–Crippen MR) is 69.8 cm³/mol. The zero-order valence-corrected chi connectivity index (χ0v) is 11.2. The van der Waals surface area contributed by atoms with Gasteiger partial charge in [-0.05, 0) is 19.9 Å². The number of aryl methyl sites for hydroxylation is 2. The summed E-state index contributed by atoms with van der Waals surface area (Å²) < 4.78 is 3.86. The van der Waals surface area contributed by atoms with E-state index in [1.807, 2.05) is 24.9 Å². The molecule has 1 aliphatic heterocycles. The Kier molecular flexibility index (Phi) is 2.85. The summed E-state index contributed by atoms with van der Waals surface area (Å²) in [4.78, 5) is 18.4. The van der Waals surface area contributed by atoms with E-state index in [2.05, 4.69) is 14.6 Å². The van der Waals surface area contributed by atoms with Crippen LogP contribution in [0, 0.1) is 6.92 Å². The summed E-state index contributed by atoms with van der Waals surface area (Å²) in [5.74, 6) is 1.06. The summed E-state index contributed by atoms with van der Waals surface area (Å²) in [6, 6.07) is 2.13. The van der Waals surface area contributed by atoms with Crippen molar-refractivity contribution in [1.82, 2.24) is 24.2 Å². The van der Waals surface area contributed by atoms with Gasteiger partial charge in [-0.1, -0.05) is 0 Å². The van der Waals surface area contributed by atoms with Crippen LogP contribution in [0.4, 0.5) is 0 Å². The van der Waals surface area contributed by atoms with Gasteiger partial charge in [0.1, 0.15) is 11.5 Å². The van der Waals surface area contributed by atoms with Gasteiger partial charge in [0.15, 0.2) is 0 Å². The Morgan fingerprint density at radius 1 is 1.42 bits per heavy atom. The first-order chi connectivity index (χ1) is 9.20. The van der Waals surface area contributed by atoms with E-state index in [-0.39, 0.29) is 5.91 Å². The van der Waals surface area contributed by atoms with Crippen LogP contribution in [-0.4, -0.2) is 43.2 Å². The second-order valence-corrected chi connectivity index (χ2v) is 4.78. The third-order valence-corrected chi connectivity index (χ3v) is 3.64. The number of amides is 1. The monoisotopic (exact) mass is 259 g/mol. The van der Waals surface area contributed by atoms with Crippen molar-refractivity contribution < 1.29 is 4.79 Å². The molecule has 0 unspecified atom stereocenters. The highest BCUT2D eigenvalue weighted by atomic mass is 16.2. The minimum atomic E-state index is 0.0633. The van der Waals surface area contributed by atoms with Crippen LogP contribution < -0.4 is 0 Å². The van der Waals surface area contributed by atoms with E-state index in [1.165, 1.54) is 0 Å². The van der Waals surface area contributed by atoms with Gasteiger partial charge in [0.25, 0.3) is 5.91 Å². The molecule has 19 heavy (non-hydrogen) atoms. The van der Waals surface area contributed by atoms with Gasteiger partial charge in [-0.3, -0.25) is 9.48 Å². The highest BCUT2D eigenvalue weighted by Gasteiger charge is 2.33. The summed E-state index contributed by atoms with van der Waals surface area (Å²) in [6.45, 7) is 6.16. The fraction of sp³-hybridized carbons (Fsp3) is 0.462. The molecular formula is C13H17N5O. The highest BCUT2D eigenvalue weighted by molar-refractivity contribution is 5.93. The SMILES string of the molecule is CCn1nccc1C(=O)N1CC(n2ccnc2C)C1. The van der Waals surface area contributed by atoms with Crippen molar-refractivity contribution in [3.05, 3.63) is 36.2 Å². The number of hydrogen-bond donors (Lipinski definition) is 0. The Morgan fingerprint density at radius 3 is 2.84 bits per heavy atom. The largest absolute Gasteiger partial charge is 0.333 e. The van der Waals surface area contributed by atoms with E-state index < -0.39 is 0 Å². The van der Waals surface area contributed by atoms with E-state index >= 15 is 0 Å². The molecule has 2 aromatic heterocycles. The average Bonchev–Trinajstić information content (AvgIpc) is 2.96. The van der Waals surface area contributed by atoms with Crippen molar-refractivity contribution in [2.24, 2.45) is 0 Å². The second kappa shape index (κ2) is 4.53. The van der Waals surface area contributed by atoms with Gasteiger partial charge in [0.2, 0.25) is 0 Å². The standard InChI is InChI=1S/C13H17N5O/c1-3-18-12(4-5-15-18)13(19)16-8-11(9-16)17-7-6-14-10(17)2/h4-7,11H,3,8-9H2,1-2H3. The zero-order valence-electron chi connectivity index (χ0n) is 11.2. The molecule has 1 fully saturated rings. The molecule has 3 heterocycles. The van der Waals surface area contributed by atoms with Gasteiger partial charge in [0, 0.05) is 38.2 Å². The van der Waals surface area contributed by atoms with Crippen LogP contribution in [0.2, 0.25) is 0 Å². The summed E-state index contributed by atoms with van der Waals surface area (Å²) in [5, 5.41) is 4.13. The van der Waals surface area contributed by atoms with E-state index in [4.69, 9.17) is 0 Å². The van der Waals surface area contributed by atoms with Gasteiger partial charge in [-0.2, -0.15) is 5.10 Å². The number of carbonyl (C=O) groups excluding carboxylic acids is 1. The first kappa shape index (κ1) is 12.0. The second-order valence-electron chi connectivity index (χ2n) is 4.78. The number of imidazole rings is 1. The maximum absolute atomic E-state index is 12.3. The molecule has 6 nitrogen and oxygen atoms in total. The quantitative estimate of drug-likeness (QED) is 0.829. The first-order valence-electron chi connectivity index (χ1n) is 6.51. The fourth-order valence-electron chi connectivity index (χ4n) is 2.50. The summed E-state index contributed by atoms with van der Waals surface area (Å²) in [5.41, 5.74) is 0.670. The number of likely N-dealkylation sites (tertiary alicyclic amines) is 1. The Hall–Kier alpha value is -2.11. The van der Waals surface area contributed by atoms with Crippen molar-refractivity contribution in [3.63, 3.8) is 0 Å². The van der Waals surface area contributed by atoms with Crippen LogP contribution in [0.3, 0.4) is 0 Å². The average molecular weight is 259 g/mol. The molecule has 100 valence electrons. The molecule has 1 aliphatic rings. The highest BCUT2D eigenvalue weighted by Crippen LogP contribution is 2.24. The molecule has 0 saturated carbocycles. The topological polar surface area (TPSA) is 56.0 Å². The van der Waals surface area contributed by atoms with E-state index in [0.717, 1.165) is 18.9 Å². The number of nitrogens with zero attached hydrogens (tertiary/aromatic N) is 5. The lowest BCUT2D eigenvalue weighted by molar-refractivity contribution is 0.0505. The molecule has 0 spiro atoms. The lowest BCUT2D eigenvalue weighted by Gasteiger charge is -2.40. The van der Waals surface area contributed by atoms with Crippen LogP contribution in [-0.2, 0) is 6.54 Å². The molecular weight excluding hydrogens is 242 g/mol. The van der Waals surface area contributed by atoms with Crippen molar-refractivity contribution in [1.29, 1.82) is 0 Å². The number of carbonyl (C=O) groups is 1. The fourth-order valence-corrected chi connectivity index (χ4v) is 2.50. The van der Waals surface area contributed by atoms with Gasteiger partial charge >= 0.3 is 0 Å². The number of hydrogen-bond acceptors (Lipinski definition) is 3. The minimum Gasteiger partial charge on any atom is -0.333 e. The number of rotatable bonds is 3. The van der Waals surface area contributed by atoms with Crippen LogP contribution in [0.5, 0.6) is 0 Å². The van der Waals surface area contributed by atoms with Crippen LogP contribution >= 0.6 is 0 Å². The number of aromatic nitrogens is 4. The Morgan fingerprint density at radius 2 is 2.21 bits per heavy atom. The Balaban J connectivity index is 1.68. The normalized spacial score (nSPS) is 15.6. The third kappa shape index (κ3) is 1.93. The maximum Gasteiger partial charge on any atom is 0.272 e. The summed E-state index contributed by atoms with van der Waals surface area (Å²) >= 11 is 0. The molecule has 0 aliphatic carbocycles. The molecule has 0 N–H and O–H groups in total. The predicted octanol–water partition coefficient (Wildman–Crippen LogP) is 1.11. The summed E-state index contributed by atoms with van der Waals surface area (Å²) in [6.07, 6.45) is 5.44. The molecule has 0 aromatic carbocycles. The van der Waals surface area contributed by atoms with Crippen molar-refractivity contribution in [3.8, 4) is 0 Å². The molecule has 0 bridgehead atoms. The minimum absolute atomic E-state index is 0.0633.